The highest BCUT2D eigenvalue weighted by atomic mass is 35.5. The van der Waals surface area contributed by atoms with Gasteiger partial charge in [-0.15, -0.1) is 0 Å². The van der Waals surface area contributed by atoms with E-state index in [9.17, 15) is 13.6 Å². The van der Waals surface area contributed by atoms with Crippen LogP contribution in [0.15, 0.2) is 12.1 Å². The minimum absolute atomic E-state index is 0.202. The predicted molar refractivity (Wildman–Crippen MR) is 51.2 cm³/mol. The van der Waals surface area contributed by atoms with Gasteiger partial charge >= 0.3 is 0 Å². The lowest BCUT2D eigenvalue weighted by molar-refractivity contribution is 0.101. The van der Waals surface area contributed by atoms with E-state index < -0.39 is 6.43 Å². The third kappa shape index (κ3) is 2.10. The van der Waals surface area contributed by atoms with Crippen LogP contribution in [0.4, 0.5) is 8.78 Å². The molecule has 0 radical (unpaired) electrons. The Morgan fingerprint density at radius 3 is 2.43 bits per heavy atom. The number of carbonyl (C=O) groups excluding carboxylic acids is 1. The summed E-state index contributed by atoms with van der Waals surface area (Å²) < 4.78 is 24.7. The van der Waals surface area contributed by atoms with Crippen LogP contribution in [0, 0.1) is 6.92 Å². The maximum atomic E-state index is 12.4. The Morgan fingerprint density at radius 2 is 2.00 bits per heavy atom. The molecule has 4 heteroatoms. The first-order chi connectivity index (χ1) is 6.43. The van der Waals surface area contributed by atoms with Crippen LogP contribution in [0.2, 0.25) is 5.02 Å². The van der Waals surface area contributed by atoms with Crippen LogP contribution in [-0.4, -0.2) is 5.78 Å². The van der Waals surface area contributed by atoms with E-state index in [2.05, 4.69) is 0 Å². The first kappa shape index (κ1) is 11.1. The molecule has 0 heterocycles. The van der Waals surface area contributed by atoms with E-state index in [1.54, 1.807) is 6.92 Å². The lowest BCUT2D eigenvalue weighted by atomic mass is 10.0. The van der Waals surface area contributed by atoms with Crippen LogP contribution in [0.1, 0.15) is 34.8 Å². The fraction of sp³-hybridized carbons (Fsp3) is 0.300. The zero-order valence-corrected chi connectivity index (χ0v) is 8.53. The lowest BCUT2D eigenvalue weighted by Crippen LogP contribution is -1.99. The van der Waals surface area contributed by atoms with Gasteiger partial charge < -0.3 is 0 Å². The average molecular weight is 219 g/mol. The number of halogens is 3. The summed E-state index contributed by atoms with van der Waals surface area (Å²) in [7, 11) is 0. The number of benzene rings is 1. The van der Waals surface area contributed by atoms with Crippen LogP contribution in [-0.2, 0) is 0 Å². The maximum absolute atomic E-state index is 12.4. The molecule has 14 heavy (non-hydrogen) atoms. The molecule has 0 unspecified atom stereocenters. The highest BCUT2D eigenvalue weighted by molar-refractivity contribution is 6.32. The molecule has 0 fully saturated rings. The summed E-state index contributed by atoms with van der Waals surface area (Å²) in [6.45, 7) is 2.96. The van der Waals surface area contributed by atoms with Crippen LogP contribution >= 0.6 is 11.6 Å². The molecule has 1 aromatic carbocycles. The fourth-order valence-electron chi connectivity index (χ4n) is 1.19. The van der Waals surface area contributed by atoms with Gasteiger partial charge in [0.05, 0.1) is 0 Å². The second kappa shape index (κ2) is 4.05. The van der Waals surface area contributed by atoms with Crippen molar-refractivity contribution in [3.8, 4) is 0 Å². The standard InChI is InChI=1S/C10H9ClF2O/c1-5-8(6(2)14)3-7(10(12)13)4-9(5)11/h3-4,10H,1-2H3. The molecule has 0 N–H and O–H groups in total. The van der Waals surface area contributed by atoms with E-state index in [0.29, 0.717) is 5.56 Å². The van der Waals surface area contributed by atoms with Gasteiger partial charge in [-0.25, -0.2) is 8.78 Å². The van der Waals surface area contributed by atoms with E-state index in [0.717, 1.165) is 0 Å². The molecule has 0 aliphatic carbocycles. The summed E-state index contributed by atoms with van der Waals surface area (Å²) >= 11 is 5.72. The van der Waals surface area contributed by atoms with Crippen molar-refractivity contribution in [2.75, 3.05) is 0 Å². The Balaban J connectivity index is 3.35. The van der Waals surface area contributed by atoms with Gasteiger partial charge in [-0.3, -0.25) is 4.79 Å². The van der Waals surface area contributed by atoms with Crippen molar-refractivity contribution < 1.29 is 13.6 Å². The zero-order valence-electron chi connectivity index (χ0n) is 7.77. The predicted octanol–water partition coefficient (Wildman–Crippen LogP) is 3.79. The van der Waals surface area contributed by atoms with Crippen LogP contribution in [0.25, 0.3) is 0 Å². The highest BCUT2D eigenvalue weighted by Gasteiger charge is 2.14. The monoisotopic (exact) mass is 218 g/mol. The fourth-order valence-corrected chi connectivity index (χ4v) is 1.42. The van der Waals surface area contributed by atoms with Crippen molar-refractivity contribution in [2.24, 2.45) is 0 Å². The summed E-state index contributed by atoms with van der Waals surface area (Å²) in [4.78, 5) is 11.1. The maximum Gasteiger partial charge on any atom is 0.263 e. The Morgan fingerprint density at radius 1 is 1.43 bits per heavy atom. The zero-order chi connectivity index (χ0) is 10.9. The molecular weight excluding hydrogens is 210 g/mol. The number of carbonyl (C=O) groups is 1. The molecule has 1 aromatic rings. The SMILES string of the molecule is CC(=O)c1cc(C(F)F)cc(Cl)c1C. The van der Waals surface area contributed by atoms with Crippen LogP contribution in [0.5, 0.6) is 0 Å². The molecule has 0 amide bonds. The van der Waals surface area contributed by atoms with Crippen LogP contribution < -0.4 is 0 Å². The van der Waals surface area contributed by atoms with Gasteiger partial charge in [-0.1, -0.05) is 11.6 Å². The molecule has 0 spiro atoms. The highest BCUT2D eigenvalue weighted by Crippen LogP contribution is 2.27. The number of hydrogen-bond donors (Lipinski definition) is 0. The van der Waals surface area contributed by atoms with Crippen LogP contribution in [0.3, 0.4) is 0 Å². The van der Waals surface area contributed by atoms with Crippen molar-refractivity contribution in [3.63, 3.8) is 0 Å². The van der Waals surface area contributed by atoms with Crippen molar-refractivity contribution in [1.29, 1.82) is 0 Å². The minimum atomic E-state index is -2.61. The third-order valence-corrected chi connectivity index (χ3v) is 2.39. The van der Waals surface area contributed by atoms with Gasteiger partial charge in [0.25, 0.3) is 6.43 Å². The second-order valence-corrected chi connectivity index (χ2v) is 3.44. The number of rotatable bonds is 2. The Bertz CT molecular complexity index is 375. The number of ketones is 1. The topological polar surface area (TPSA) is 17.1 Å². The Hall–Kier alpha value is -0.960. The summed E-state index contributed by atoms with van der Waals surface area (Å²) in [6, 6.07) is 2.38. The minimum Gasteiger partial charge on any atom is -0.295 e. The summed E-state index contributed by atoms with van der Waals surface area (Å²) in [6.07, 6.45) is -2.61. The quantitative estimate of drug-likeness (QED) is 0.691. The third-order valence-electron chi connectivity index (χ3n) is 2.00. The molecule has 0 aromatic heterocycles. The van der Waals surface area contributed by atoms with E-state index in [4.69, 9.17) is 11.6 Å². The molecule has 0 aliphatic heterocycles. The number of alkyl halides is 2. The lowest BCUT2D eigenvalue weighted by Gasteiger charge is -2.07. The van der Waals surface area contributed by atoms with Crippen molar-refractivity contribution in [2.45, 2.75) is 20.3 Å². The normalized spacial score (nSPS) is 10.7. The van der Waals surface area contributed by atoms with Gasteiger partial charge in [0.1, 0.15) is 0 Å². The van der Waals surface area contributed by atoms with Gasteiger partial charge in [0.15, 0.2) is 5.78 Å². The molecule has 0 aliphatic rings. The Kier molecular flexibility index (Phi) is 3.21. The summed E-state index contributed by atoms with van der Waals surface area (Å²) in [5.74, 6) is -0.257. The smallest absolute Gasteiger partial charge is 0.263 e. The number of hydrogen-bond acceptors (Lipinski definition) is 1. The molecule has 0 bridgehead atoms. The molecule has 1 nitrogen and oxygen atoms in total. The Labute approximate surface area is 85.7 Å². The molecule has 76 valence electrons. The molecule has 1 rings (SSSR count). The molecule has 0 saturated carbocycles. The summed E-state index contributed by atoms with van der Waals surface area (Å²) in [5.41, 5.74) is 0.585. The van der Waals surface area contributed by atoms with E-state index in [1.165, 1.54) is 19.1 Å². The van der Waals surface area contributed by atoms with Gasteiger partial charge in [0, 0.05) is 16.1 Å². The molecule has 0 saturated heterocycles. The van der Waals surface area contributed by atoms with Crippen molar-refractivity contribution in [3.05, 3.63) is 33.8 Å². The second-order valence-electron chi connectivity index (χ2n) is 3.03. The molecule has 0 atom stereocenters. The first-order valence-corrected chi connectivity index (χ1v) is 4.40. The van der Waals surface area contributed by atoms with E-state index in [1.807, 2.05) is 0 Å². The average Bonchev–Trinajstić information content (AvgIpc) is 2.08. The molecular formula is C10H9ClF2O. The van der Waals surface area contributed by atoms with E-state index >= 15 is 0 Å². The van der Waals surface area contributed by atoms with Crippen molar-refractivity contribution >= 4 is 17.4 Å². The number of Topliss-reactive ketones (excluding diaryl/α,β-unsaturated/α-hetero) is 1. The van der Waals surface area contributed by atoms with Gasteiger partial charge in [-0.2, -0.15) is 0 Å². The van der Waals surface area contributed by atoms with E-state index in [-0.39, 0.29) is 21.9 Å². The van der Waals surface area contributed by atoms with Gasteiger partial charge in [-0.05, 0) is 31.5 Å². The first-order valence-electron chi connectivity index (χ1n) is 4.02. The largest absolute Gasteiger partial charge is 0.295 e. The summed E-state index contributed by atoms with van der Waals surface area (Å²) in [5, 5.41) is 0.202. The van der Waals surface area contributed by atoms with Gasteiger partial charge in [0.2, 0.25) is 0 Å². The van der Waals surface area contributed by atoms with Crippen molar-refractivity contribution in [1.82, 2.24) is 0 Å².